The number of piperidine rings is 2. The summed E-state index contributed by atoms with van der Waals surface area (Å²) in [5.74, 6) is 0. The molecule has 3 fully saturated rings. The smallest absolute Gasteiger partial charge is 0.408 e. The van der Waals surface area contributed by atoms with Crippen LogP contribution in [-0.2, 0) is 11.3 Å². The molecule has 2 heterocycles. The number of hydrogen-bond acceptors (Lipinski definition) is 3. The molecule has 4 rings (SSSR count). The number of carbonyl (C=O) groups is 1. The summed E-state index contributed by atoms with van der Waals surface area (Å²) in [4.78, 5) is 14.1. The average Bonchev–Trinajstić information content (AvgIpc) is 2.34. The van der Waals surface area contributed by atoms with Gasteiger partial charge in [-0.3, -0.25) is 4.90 Å². The SMILES string of the molecule is CC(C)(C)OC(=O)NC12CN(Cc3ccccc3)CC(F)(C1)C2. The zero-order chi connectivity index (χ0) is 16.7. The molecule has 1 aromatic rings. The van der Waals surface area contributed by atoms with E-state index in [0.29, 0.717) is 32.5 Å². The zero-order valence-corrected chi connectivity index (χ0v) is 14.1. The highest BCUT2D eigenvalue weighted by atomic mass is 19.1. The Balaban J connectivity index is 1.64. The molecule has 2 saturated heterocycles. The van der Waals surface area contributed by atoms with Gasteiger partial charge in [0.25, 0.3) is 0 Å². The predicted octanol–water partition coefficient (Wildman–Crippen LogP) is 3.27. The summed E-state index contributed by atoms with van der Waals surface area (Å²) >= 11 is 0. The maximum atomic E-state index is 14.7. The summed E-state index contributed by atoms with van der Waals surface area (Å²) in [6.07, 6.45) is 0.302. The van der Waals surface area contributed by atoms with Gasteiger partial charge in [0.05, 0.1) is 5.54 Å². The van der Waals surface area contributed by atoms with Gasteiger partial charge in [0, 0.05) is 32.5 Å². The number of benzene rings is 1. The van der Waals surface area contributed by atoms with Gasteiger partial charge in [-0.05, 0) is 26.3 Å². The normalized spacial score (nSPS) is 30.4. The Bertz CT molecular complexity index is 576. The fourth-order valence-electron chi connectivity index (χ4n) is 3.87. The Kier molecular flexibility index (Phi) is 3.87. The van der Waals surface area contributed by atoms with Crippen molar-refractivity contribution in [3.8, 4) is 0 Å². The minimum atomic E-state index is -1.19. The van der Waals surface area contributed by atoms with Crippen LogP contribution in [0, 0.1) is 0 Å². The maximum absolute atomic E-state index is 14.7. The molecule has 1 aromatic carbocycles. The molecule has 3 aliphatic rings. The van der Waals surface area contributed by atoms with Crippen molar-refractivity contribution >= 4 is 6.09 Å². The van der Waals surface area contributed by atoms with Crippen molar-refractivity contribution in [3.63, 3.8) is 0 Å². The second kappa shape index (κ2) is 5.48. The van der Waals surface area contributed by atoms with Crippen LogP contribution in [-0.4, -0.2) is 40.9 Å². The number of rotatable bonds is 3. The van der Waals surface area contributed by atoms with E-state index in [2.05, 4.69) is 10.2 Å². The third kappa shape index (κ3) is 3.83. The summed E-state index contributed by atoms with van der Waals surface area (Å²) in [5, 5.41) is 2.92. The van der Waals surface area contributed by atoms with Crippen LogP contribution in [0.15, 0.2) is 30.3 Å². The first-order valence-corrected chi connectivity index (χ1v) is 8.14. The minimum Gasteiger partial charge on any atom is -0.444 e. The van der Waals surface area contributed by atoms with Crippen molar-refractivity contribution in [1.29, 1.82) is 0 Å². The first-order chi connectivity index (χ1) is 10.7. The first kappa shape index (κ1) is 16.2. The molecule has 1 amide bonds. The quantitative estimate of drug-likeness (QED) is 0.929. The van der Waals surface area contributed by atoms with Gasteiger partial charge in [-0.15, -0.1) is 0 Å². The monoisotopic (exact) mass is 320 g/mol. The standard InChI is InChI=1S/C18H25FN2O2/c1-16(2,3)23-15(22)20-18-10-17(19,11-18)12-21(13-18)9-14-7-5-4-6-8-14/h4-8H,9-13H2,1-3H3,(H,20,22). The molecular formula is C18H25FN2O2. The number of nitrogens with zero attached hydrogens (tertiary/aromatic N) is 1. The molecule has 1 aliphatic carbocycles. The van der Waals surface area contributed by atoms with E-state index in [0.717, 1.165) is 5.56 Å². The molecule has 5 heteroatoms. The molecule has 1 N–H and O–H groups in total. The summed E-state index contributed by atoms with van der Waals surface area (Å²) in [6, 6.07) is 10.0. The molecule has 2 aliphatic heterocycles. The fraction of sp³-hybridized carbons (Fsp3) is 0.611. The van der Waals surface area contributed by atoms with Gasteiger partial charge in [-0.25, -0.2) is 9.18 Å². The van der Waals surface area contributed by atoms with Crippen molar-refractivity contribution in [2.45, 2.75) is 57.0 Å². The molecule has 0 unspecified atom stereocenters. The van der Waals surface area contributed by atoms with Crippen LogP contribution in [0.2, 0.25) is 0 Å². The molecule has 23 heavy (non-hydrogen) atoms. The Morgan fingerprint density at radius 2 is 1.91 bits per heavy atom. The predicted molar refractivity (Wildman–Crippen MR) is 86.9 cm³/mol. The number of fused-ring (bicyclic) bond motifs is 2. The number of amides is 1. The number of alkyl carbamates (subject to hydrolysis) is 1. The number of alkyl halides is 1. The molecule has 0 atom stereocenters. The molecule has 0 spiro atoms. The number of ether oxygens (including phenoxy) is 1. The number of halogens is 1. The maximum Gasteiger partial charge on any atom is 0.408 e. The number of carbonyl (C=O) groups excluding carboxylic acids is 1. The van der Waals surface area contributed by atoms with Crippen LogP contribution in [0.3, 0.4) is 0 Å². The zero-order valence-electron chi connectivity index (χ0n) is 14.1. The van der Waals surface area contributed by atoms with Crippen molar-refractivity contribution in [3.05, 3.63) is 35.9 Å². The Morgan fingerprint density at radius 1 is 1.26 bits per heavy atom. The topological polar surface area (TPSA) is 41.6 Å². The van der Waals surface area contributed by atoms with Gasteiger partial charge in [0.15, 0.2) is 0 Å². The Hall–Kier alpha value is -1.62. The van der Waals surface area contributed by atoms with Gasteiger partial charge < -0.3 is 10.1 Å². The lowest BCUT2D eigenvalue weighted by Gasteiger charge is -2.59. The van der Waals surface area contributed by atoms with E-state index in [-0.39, 0.29) is 0 Å². The third-order valence-corrected chi connectivity index (χ3v) is 4.36. The molecule has 0 aromatic heterocycles. The minimum absolute atomic E-state index is 0.379. The molecule has 4 nitrogen and oxygen atoms in total. The highest BCUT2D eigenvalue weighted by molar-refractivity contribution is 5.69. The summed E-state index contributed by atoms with van der Waals surface area (Å²) in [6.45, 7) is 7.27. The van der Waals surface area contributed by atoms with E-state index in [1.807, 2.05) is 51.1 Å². The summed E-state index contributed by atoms with van der Waals surface area (Å²) in [7, 11) is 0. The van der Waals surface area contributed by atoms with Gasteiger partial charge >= 0.3 is 6.09 Å². The molecule has 126 valence electrons. The fourth-order valence-corrected chi connectivity index (χ4v) is 3.87. The van der Waals surface area contributed by atoms with Crippen LogP contribution in [0.4, 0.5) is 9.18 Å². The highest BCUT2D eigenvalue weighted by Crippen LogP contribution is 2.49. The van der Waals surface area contributed by atoms with Gasteiger partial charge in [0.1, 0.15) is 11.3 Å². The van der Waals surface area contributed by atoms with Crippen LogP contribution < -0.4 is 5.32 Å². The van der Waals surface area contributed by atoms with E-state index in [1.54, 1.807) is 0 Å². The number of hydrogen-bond donors (Lipinski definition) is 1. The van der Waals surface area contributed by atoms with Gasteiger partial charge in [-0.1, -0.05) is 30.3 Å². The van der Waals surface area contributed by atoms with Crippen molar-refractivity contribution in [2.24, 2.45) is 0 Å². The van der Waals surface area contributed by atoms with Crippen LogP contribution >= 0.6 is 0 Å². The van der Waals surface area contributed by atoms with Crippen molar-refractivity contribution < 1.29 is 13.9 Å². The average molecular weight is 320 g/mol. The lowest BCUT2D eigenvalue weighted by molar-refractivity contribution is -0.117. The highest BCUT2D eigenvalue weighted by Gasteiger charge is 2.61. The number of nitrogens with one attached hydrogen (secondary N) is 1. The van der Waals surface area contributed by atoms with Crippen LogP contribution in [0.5, 0.6) is 0 Å². The second-order valence-corrected chi connectivity index (χ2v) is 8.04. The van der Waals surface area contributed by atoms with Gasteiger partial charge in [-0.2, -0.15) is 0 Å². The van der Waals surface area contributed by atoms with E-state index < -0.39 is 22.9 Å². The van der Waals surface area contributed by atoms with Crippen molar-refractivity contribution in [1.82, 2.24) is 10.2 Å². The molecule has 0 radical (unpaired) electrons. The second-order valence-electron chi connectivity index (χ2n) is 8.04. The lowest BCUT2D eigenvalue weighted by atomic mass is 9.62. The summed E-state index contributed by atoms with van der Waals surface area (Å²) in [5.41, 5.74) is -1.08. The van der Waals surface area contributed by atoms with Crippen molar-refractivity contribution in [2.75, 3.05) is 13.1 Å². The van der Waals surface area contributed by atoms with E-state index in [1.165, 1.54) is 0 Å². The Morgan fingerprint density at radius 3 is 2.52 bits per heavy atom. The largest absolute Gasteiger partial charge is 0.444 e. The van der Waals surface area contributed by atoms with Crippen LogP contribution in [0.25, 0.3) is 0 Å². The van der Waals surface area contributed by atoms with Gasteiger partial charge in [0.2, 0.25) is 0 Å². The third-order valence-electron chi connectivity index (χ3n) is 4.36. The summed E-state index contributed by atoms with van der Waals surface area (Å²) < 4.78 is 20.0. The van der Waals surface area contributed by atoms with Crippen LogP contribution in [0.1, 0.15) is 39.2 Å². The lowest BCUT2D eigenvalue weighted by Crippen LogP contribution is -2.75. The molecule has 2 bridgehead atoms. The first-order valence-electron chi connectivity index (χ1n) is 8.14. The van der Waals surface area contributed by atoms with E-state index in [4.69, 9.17) is 4.74 Å². The van der Waals surface area contributed by atoms with E-state index >= 15 is 0 Å². The molecule has 1 saturated carbocycles. The Labute approximate surface area is 137 Å². The molecular weight excluding hydrogens is 295 g/mol. The van der Waals surface area contributed by atoms with E-state index in [9.17, 15) is 9.18 Å².